The van der Waals surface area contributed by atoms with Gasteiger partial charge in [0.2, 0.25) is 0 Å². The minimum absolute atomic E-state index is 0.109. The predicted octanol–water partition coefficient (Wildman–Crippen LogP) is 2.74. The van der Waals surface area contributed by atoms with E-state index in [9.17, 15) is 9.59 Å². The molecule has 0 aliphatic carbocycles. The molecule has 0 aromatic rings. The van der Waals surface area contributed by atoms with Crippen molar-refractivity contribution in [1.29, 1.82) is 0 Å². The number of aldehydes is 1. The van der Waals surface area contributed by atoms with Crippen LogP contribution in [0.15, 0.2) is 0 Å². The van der Waals surface area contributed by atoms with Crippen LogP contribution in [0.1, 0.15) is 39.0 Å². The van der Waals surface area contributed by atoms with Crippen molar-refractivity contribution in [2.24, 2.45) is 5.92 Å². The number of halogens is 1. The monoisotopic (exact) mass is 248 g/mol. The first-order valence-electron chi connectivity index (χ1n) is 4.80. The highest BCUT2D eigenvalue weighted by molar-refractivity contribution is 9.09. The van der Waals surface area contributed by atoms with Gasteiger partial charge in [0.1, 0.15) is 12.1 Å². The molecule has 0 amide bonds. The first-order chi connectivity index (χ1) is 6.26. The zero-order chi connectivity index (χ0) is 10.1. The number of hydrogen-bond donors (Lipinski definition) is 0. The first kappa shape index (κ1) is 12.8. The third-order valence-electron chi connectivity index (χ3n) is 1.98. The van der Waals surface area contributed by atoms with Crippen LogP contribution in [0.3, 0.4) is 0 Å². The molecule has 0 aromatic carbocycles. The number of unbranched alkanes of at least 4 members (excludes halogenated alkanes) is 1. The van der Waals surface area contributed by atoms with E-state index >= 15 is 0 Å². The Morgan fingerprint density at radius 1 is 1.46 bits per heavy atom. The van der Waals surface area contributed by atoms with Gasteiger partial charge in [-0.1, -0.05) is 29.3 Å². The van der Waals surface area contributed by atoms with Gasteiger partial charge in [-0.25, -0.2) is 0 Å². The maximum atomic E-state index is 11.4. The van der Waals surface area contributed by atoms with Gasteiger partial charge in [-0.2, -0.15) is 0 Å². The van der Waals surface area contributed by atoms with Gasteiger partial charge in [-0.15, -0.1) is 0 Å². The Hall–Kier alpha value is -0.180. The molecule has 0 rings (SSSR count). The van der Waals surface area contributed by atoms with E-state index in [1.54, 1.807) is 0 Å². The molecule has 2 nitrogen and oxygen atoms in total. The van der Waals surface area contributed by atoms with Crippen LogP contribution in [0.25, 0.3) is 0 Å². The zero-order valence-electron chi connectivity index (χ0n) is 8.09. The number of ketones is 1. The van der Waals surface area contributed by atoms with Crippen LogP contribution in [0.4, 0.5) is 0 Å². The number of Topliss-reactive ketones (excluding diaryl/α,β-unsaturated/α-hetero) is 1. The summed E-state index contributed by atoms with van der Waals surface area (Å²) in [7, 11) is 0. The largest absolute Gasteiger partial charge is 0.303 e. The van der Waals surface area contributed by atoms with Crippen molar-refractivity contribution in [1.82, 2.24) is 0 Å². The molecule has 0 saturated heterocycles. The van der Waals surface area contributed by atoms with Crippen LogP contribution in [0, 0.1) is 5.92 Å². The van der Waals surface area contributed by atoms with Crippen LogP contribution < -0.4 is 0 Å². The van der Waals surface area contributed by atoms with E-state index in [4.69, 9.17) is 0 Å². The fraction of sp³-hybridized carbons (Fsp3) is 0.800. The molecule has 0 fully saturated rings. The van der Waals surface area contributed by atoms with E-state index < -0.39 is 0 Å². The fourth-order valence-electron chi connectivity index (χ4n) is 1.20. The normalized spacial score (nSPS) is 12.5. The Labute approximate surface area is 88.2 Å². The van der Waals surface area contributed by atoms with Crippen molar-refractivity contribution in [3.05, 3.63) is 0 Å². The molecule has 0 aliphatic rings. The summed E-state index contributed by atoms with van der Waals surface area (Å²) in [5, 5.41) is 0.930. The van der Waals surface area contributed by atoms with Gasteiger partial charge in [0.15, 0.2) is 0 Å². The molecule has 1 atom stereocenters. The molecule has 0 N–H and O–H groups in total. The molecule has 3 heteroatoms. The van der Waals surface area contributed by atoms with Gasteiger partial charge in [-0.05, 0) is 19.3 Å². The lowest BCUT2D eigenvalue weighted by atomic mass is 9.97. The predicted molar refractivity (Wildman–Crippen MR) is 57.1 cm³/mol. The minimum atomic E-state index is -0.347. The highest BCUT2D eigenvalue weighted by Gasteiger charge is 2.15. The Bertz CT molecular complexity index is 157. The Morgan fingerprint density at radius 3 is 2.62 bits per heavy atom. The van der Waals surface area contributed by atoms with Crippen molar-refractivity contribution >= 4 is 28.0 Å². The van der Waals surface area contributed by atoms with Crippen molar-refractivity contribution in [3.8, 4) is 0 Å². The Kier molecular flexibility index (Phi) is 8.30. The molecule has 0 heterocycles. The van der Waals surface area contributed by atoms with Crippen molar-refractivity contribution < 1.29 is 9.59 Å². The maximum Gasteiger partial charge on any atom is 0.143 e. The summed E-state index contributed by atoms with van der Waals surface area (Å²) >= 11 is 3.30. The summed E-state index contributed by atoms with van der Waals surface area (Å²) in [5.41, 5.74) is 0. The van der Waals surface area contributed by atoms with Gasteiger partial charge in [0.05, 0.1) is 5.92 Å². The molecular weight excluding hydrogens is 232 g/mol. The number of hydrogen-bond acceptors (Lipinski definition) is 2. The van der Waals surface area contributed by atoms with E-state index in [0.29, 0.717) is 12.8 Å². The lowest BCUT2D eigenvalue weighted by Gasteiger charge is -2.06. The summed E-state index contributed by atoms with van der Waals surface area (Å²) in [5.74, 6) is -0.238. The lowest BCUT2D eigenvalue weighted by molar-refractivity contribution is -0.127. The van der Waals surface area contributed by atoms with Crippen molar-refractivity contribution in [2.75, 3.05) is 5.33 Å². The maximum absolute atomic E-state index is 11.4. The number of carbonyl (C=O) groups is 2. The van der Waals surface area contributed by atoms with Crippen LogP contribution in [-0.4, -0.2) is 17.4 Å². The lowest BCUT2D eigenvalue weighted by Crippen LogP contribution is -2.15. The second kappa shape index (κ2) is 8.42. The smallest absolute Gasteiger partial charge is 0.143 e. The summed E-state index contributed by atoms with van der Waals surface area (Å²) in [6.45, 7) is 1.99. The fourth-order valence-corrected chi connectivity index (χ4v) is 1.59. The van der Waals surface area contributed by atoms with E-state index in [1.807, 2.05) is 6.92 Å². The van der Waals surface area contributed by atoms with Crippen LogP contribution in [0.2, 0.25) is 0 Å². The van der Waals surface area contributed by atoms with E-state index in [-0.39, 0.29) is 11.7 Å². The van der Waals surface area contributed by atoms with Gasteiger partial charge in [0, 0.05) is 11.8 Å². The van der Waals surface area contributed by atoms with Gasteiger partial charge in [0.25, 0.3) is 0 Å². The molecule has 1 unspecified atom stereocenters. The quantitative estimate of drug-likeness (QED) is 0.287. The molecular formula is C10H17BrO2. The average Bonchev–Trinajstić information content (AvgIpc) is 2.14. The van der Waals surface area contributed by atoms with E-state index in [0.717, 1.165) is 30.9 Å². The molecule has 76 valence electrons. The summed E-state index contributed by atoms with van der Waals surface area (Å²) in [4.78, 5) is 21.9. The zero-order valence-corrected chi connectivity index (χ0v) is 9.68. The molecule has 0 spiro atoms. The Balaban J connectivity index is 3.70. The standard InChI is InChI=1S/C10H17BrO2/c1-2-5-9(8-12)10(13)6-3-4-7-11/h8-9H,2-7H2,1H3. The van der Waals surface area contributed by atoms with Gasteiger partial charge >= 0.3 is 0 Å². The number of alkyl halides is 1. The first-order valence-corrected chi connectivity index (χ1v) is 5.92. The second-order valence-corrected chi connectivity index (χ2v) is 3.94. The second-order valence-electron chi connectivity index (χ2n) is 3.14. The molecule has 0 radical (unpaired) electrons. The Morgan fingerprint density at radius 2 is 2.15 bits per heavy atom. The van der Waals surface area contributed by atoms with Crippen LogP contribution in [0.5, 0.6) is 0 Å². The van der Waals surface area contributed by atoms with Crippen LogP contribution in [-0.2, 0) is 9.59 Å². The van der Waals surface area contributed by atoms with Crippen molar-refractivity contribution in [2.45, 2.75) is 39.0 Å². The van der Waals surface area contributed by atoms with Gasteiger partial charge in [-0.3, -0.25) is 4.79 Å². The number of carbonyl (C=O) groups excluding carboxylic acids is 2. The summed E-state index contributed by atoms with van der Waals surface area (Å²) in [6, 6.07) is 0. The number of rotatable bonds is 8. The summed E-state index contributed by atoms with van der Waals surface area (Å²) < 4.78 is 0. The molecule has 0 aliphatic heterocycles. The third-order valence-corrected chi connectivity index (χ3v) is 2.55. The topological polar surface area (TPSA) is 34.1 Å². The van der Waals surface area contributed by atoms with Gasteiger partial charge < -0.3 is 4.79 Å². The third kappa shape index (κ3) is 5.97. The SMILES string of the molecule is CCCC(C=O)C(=O)CCCCBr. The average molecular weight is 249 g/mol. The minimum Gasteiger partial charge on any atom is -0.303 e. The molecule has 0 saturated carbocycles. The van der Waals surface area contributed by atoms with E-state index in [1.165, 1.54) is 0 Å². The van der Waals surface area contributed by atoms with Crippen molar-refractivity contribution in [3.63, 3.8) is 0 Å². The van der Waals surface area contributed by atoms with E-state index in [2.05, 4.69) is 15.9 Å². The highest BCUT2D eigenvalue weighted by Crippen LogP contribution is 2.10. The highest BCUT2D eigenvalue weighted by atomic mass is 79.9. The molecule has 13 heavy (non-hydrogen) atoms. The molecule has 0 bridgehead atoms. The summed E-state index contributed by atoms with van der Waals surface area (Å²) in [6.07, 6.45) is 4.83. The molecule has 0 aromatic heterocycles. The van der Waals surface area contributed by atoms with Crippen LogP contribution >= 0.6 is 15.9 Å².